The van der Waals surface area contributed by atoms with E-state index in [-0.39, 0.29) is 11.3 Å². The molecule has 1 N–H and O–H groups in total. The van der Waals surface area contributed by atoms with E-state index < -0.39 is 11.4 Å². The minimum atomic E-state index is -0.607. The molecule has 2 saturated carbocycles. The first kappa shape index (κ1) is 18.5. The Morgan fingerprint density at radius 1 is 1.43 bits per heavy atom. The monoisotopic (exact) mass is 322 g/mol. The van der Waals surface area contributed by atoms with Crippen LogP contribution in [0.2, 0.25) is 0 Å². The number of rotatable bonds is 6. The van der Waals surface area contributed by atoms with Gasteiger partial charge in [-0.2, -0.15) is 0 Å². The number of hydrogen-bond acceptors (Lipinski definition) is 2. The van der Waals surface area contributed by atoms with E-state index in [9.17, 15) is 9.90 Å². The Morgan fingerprint density at radius 2 is 2.13 bits per heavy atom. The van der Waals surface area contributed by atoms with Gasteiger partial charge in [-0.05, 0) is 62.2 Å². The van der Waals surface area contributed by atoms with E-state index in [1.54, 1.807) is 7.11 Å². The Morgan fingerprint density at radius 3 is 2.70 bits per heavy atom. The molecule has 0 spiro atoms. The molecule has 0 radical (unpaired) electrons. The molecule has 2 aliphatic carbocycles. The molecule has 23 heavy (non-hydrogen) atoms. The molecule has 2 aliphatic rings. The molecule has 0 amide bonds. The molecule has 2 fully saturated rings. The molecule has 0 unspecified atom stereocenters. The summed E-state index contributed by atoms with van der Waals surface area (Å²) in [6, 6.07) is 0. The highest BCUT2D eigenvalue weighted by Crippen LogP contribution is 2.63. The zero-order valence-electron chi connectivity index (χ0n) is 15.4. The molecule has 5 atom stereocenters. The molecule has 132 valence electrons. The summed E-state index contributed by atoms with van der Waals surface area (Å²) < 4.78 is 5.32. The number of hydrogen-bond donors (Lipinski definition) is 1. The van der Waals surface area contributed by atoms with Gasteiger partial charge >= 0.3 is 5.97 Å². The van der Waals surface area contributed by atoms with E-state index in [2.05, 4.69) is 20.4 Å². The molecule has 3 nitrogen and oxygen atoms in total. The van der Waals surface area contributed by atoms with Gasteiger partial charge in [0.2, 0.25) is 0 Å². The predicted octanol–water partition coefficient (Wildman–Crippen LogP) is 4.91. The Labute approximate surface area is 141 Å². The molecule has 0 bridgehead atoms. The topological polar surface area (TPSA) is 46.5 Å². The third-order valence-corrected chi connectivity index (χ3v) is 7.06. The minimum absolute atomic E-state index is 0.0646. The summed E-state index contributed by atoms with van der Waals surface area (Å²) in [6.45, 7) is 11.8. The number of fused-ring (bicyclic) bond motifs is 1. The normalized spacial score (nSPS) is 38.9. The van der Waals surface area contributed by atoms with Crippen molar-refractivity contribution in [2.24, 2.45) is 28.6 Å². The van der Waals surface area contributed by atoms with Crippen LogP contribution in [0.15, 0.2) is 12.2 Å². The number of carboxylic acids is 1. The van der Waals surface area contributed by atoms with Gasteiger partial charge in [-0.15, -0.1) is 0 Å². The smallest absolute Gasteiger partial charge is 0.309 e. The quantitative estimate of drug-likeness (QED) is 0.707. The van der Waals surface area contributed by atoms with Crippen molar-refractivity contribution in [3.63, 3.8) is 0 Å². The van der Waals surface area contributed by atoms with Crippen LogP contribution in [0.5, 0.6) is 0 Å². The molecule has 0 aromatic heterocycles. The summed E-state index contributed by atoms with van der Waals surface area (Å²) in [7, 11) is 1.76. The van der Waals surface area contributed by atoms with Crippen molar-refractivity contribution in [3.05, 3.63) is 12.2 Å². The number of carbonyl (C=O) groups is 1. The summed E-state index contributed by atoms with van der Waals surface area (Å²) in [5.41, 5.74) is 0.835. The zero-order valence-corrected chi connectivity index (χ0v) is 15.4. The standard InChI is InChI=1S/C20H34O3/c1-6-15(10-13-23-5)17-14(2)8-9-16-19(17,3)11-7-12-20(16,4)18(21)22/h15-17H,2,6-13H2,1,3-5H3,(H,21,22)/t15-,16+,17+,19-,20+/m1/s1. The fourth-order valence-electron chi connectivity index (χ4n) is 5.89. The number of allylic oxidation sites excluding steroid dienone is 1. The largest absolute Gasteiger partial charge is 0.481 e. The van der Waals surface area contributed by atoms with Crippen LogP contribution < -0.4 is 0 Å². The molecule has 0 aliphatic heterocycles. The lowest BCUT2D eigenvalue weighted by molar-refractivity contribution is -0.165. The van der Waals surface area contributed by atoms with Crippen LogP contribution in [0, 0.1) is 28.6 Å². The number of ether oxygens (including phenoxy) is 1. The van der Waals surface area contributed by atoms with E-state index in [1.807, 2.05) is 6.92 Å². The Balaban J connectivity index is 2.37. The molecule has 3 heteroatoms. The first-order chi connectivity index (χ1) is 10.8. The number of aliphatic carboxylic acids is 1. The lowest BCUT2D eigenvalue weighted by atomic mass is 9.45. The Hall–Kier alpha value is -0.830. The second-order valence-electron chi connectivity index (χ2n) is 8.26. The van der Waals surface area contributed by atoms with Crippen LogP contribution in [0.3, 0.4) is 0 Å². The van der Waals surface area contributed by atoms with E-state index in [0.29, 0.717) is 11.8 Å². The van der Waals surface area contributed by atoms with Crippen LogP contribution in [-0.4, -0.2) is 24.8 Å². The lowest BCUT2D eigenvalue weighted by Crippen LogP contribution is -2.54. The number of methoxy groups -OCH3 is 1. The maximum Gasteiger partial charge on any atom is 0.309 e. The SMILES string of the molecule is C=C1CC[C@H]2[C@@](C)(CCC[C@]2(C)C(=O)O)[C@@H]1[C@H](CC)CCOC. The summed E-state index contributed by atoms with van der Waals surface area (Å²) >= 11 is 0. The van der Waals surface area contributed by atoms with Crippen LogP contribution >= 0.6 is 0 Å². The van der Waals surface area contributed by atoms with Gasteiger partial charge in [-0.25, -0.2) is 0 Å². The highest BCUT2D eigenvalue weighted by Gasteiger charge is 2.58. The van der Waals surface area contributed by atoms with E-state index >= 15 is 0 Å². The van der Waals surface area contributed by atoms with Gasteiger partial charge in [-0.3, -0.25) is 4.79 Å². The van der Waals surface area contributed by atoms with Crippen molar-refractivity contribution in [2.75, 3.05) is 13.7 Å². The third-order valence-electron chi connectivity index (χ3n) is 7.06. The lowest BCUT2D eigenvalue weighted by Gasteiger charge is -2.59. The van der Waals surface area contributed by atoms with Crippen molar-refractivity contribution < 1.29 is 14.6 Å². The van der Waals surface area contributed by atoms with Crippen LogP contribution in [0.1, 0.15) is 65.7 Å². The molecule has 0 aromatic carbocycles. The van der Waals surface area contributed by atoms with Gasteiger partial charge in [-0.1, -0.05) is 38.8 Å². The van der Waals surface area contributed by atoms with Crippen molar-refractivity contribution in [3.8, 4) is 0 Å². The molecule has 0 saturated heterocycles. The Kier molecular flexibility index (Phi) is 5.60. The average Bonchev–Trinajstić information content (AvgIpc) is 2.49. The van der Waals surface area contributed by atoms with E-state index in [4.69, 9.17) is 4.74 Å². The summed E-state index contributed by atoms with van der Waals surface area (Å²) in [6.07, 6.45) is 7.08. The molecular weight excluding hydrogens is 288 g/mol. The number of carboxylic acid groups (broad SMARTS) is 1. The first-order valence-electron chi connectivity index (χ1n) is 9.21. The predicted molar refractivity (Wildman–Crippen MR) is 93.3 cm³/mol. The summed E-state index contributed by atoms with van der Waals surface area (Å²) in [5.74, 6) is 0.629. The van der Waals surface area contributed by atoms with Crippen molar-refractivity contribution in [2.45, 2.75) is 65.7 Å². The maximum absolute atomic E-state index is 12.0. The highest BCUT2D eigenvalue weighted by atomic mass is 16.5. The van der Waals surface area contributed by atoms with Crippen molar-refractivity contribution >= 4 is 5.97 Å². The summed E-state index contributed by atoms with van der Waals surface area (Å²) in [5, 5.41) is 9.90. The molecule has 0 heterocycles. The summed E-state index contributed by atoms with van der Waals surface area (Å²) in [4.78, 5) is 12.0. The van der Waals surface area contributed by atoms with Gasteiger partial charge in [0, 0.05) is 13.7 Å². The first-order valence-corrected chi connectivity index (χ1v) is 9.21. The van der Waals surface area contributed by atoms with E-state index in [0.717, 1.165) is 51.6 Å². The molecule has 0 aromatic rings. The second-order valence-corrected chi connectivity index (χ2v) is 8.26. The van der Waals surface area contributed by atoms with Crippen molar-refractivity contribution in [1.82, 2.24) is 0 Å². The highest BCUT2D eigenvalue weighted by molar-refractivity contribution is 5.75. The van der Waals surface area contributed by atoms with Crippen LogP contribution in [-0.2, 0) is 9.53 Å². The fraction of sp³-hybridized carbons (Fsp3) is 0.850. The molecule has 2 rings (SSSR count). The maximum atomic E-state index is 12.0. The molecular formula is C20H34O3. The second kappa shape index (κ2) is 6.96. The van der Waals surface area contributed by atoms with Gasteiger partial charge in [0.1, 0.15) is 0 Å². The van der Waals surface area contributed by atoms with Crippen LogP contribution in [0.4, 0.5) is 0 Å². The van der Waals surface area contributed by atoms with Gasteiger partial charge in [0.05, 0.1) is 5.41 Å². The third kappa shape index (κ3) is 3.09. The minimum Gasteiger partial charge on any atom is -0.481 e. The van der Waals surface area contributed by atoms with Gasteiger partial charge < -0.3 is 9.84 Å². The fourth-order valence-corrected chi connectivity index (χ4v) is 5.89. The van der Waals surface area contributed by atoms with Crippen molar-refractivity contribution in [1.29, 1.82) is 0 Å². The Bertz CT molecular complexity index is 458. The van der Waals surface area contributed by atoms with Gasteiger partial charge in [0.15, 0.2) is 0 Å². The van der Waals surface area contributed by atoms with Crippen LogP contribution in [0.25, 0.3) is 0 Å². The van der Waals surface area contributed by atoms with Gasteiger partial charge in [0.25, 0.3) is 0 Å². The van der Waals surface area contributed by atoms with E-state index in [1.165, 1.54) is 5.57 Å². The average molecular weight is 322 g/mol. The zero-order chi connectivity index (χ0) is 17.3.